The van der Waals surface area contributed by atoms with Crippen molar-refractivity contribution in [3.05, 3.63) is 34.1 Å². The monoisotopic (exact) mass is 299 g/mol. The molecule has 0 aromatic heterocycles. The second-order valence-electron chi connectivity index (χ2n) is 4.34. The maximum Gasteiger partial charge on any atom is 0.222 e. The van der Waals surface area contributed by atoms with Crippen molar-refractivity contribution in [1.82, 2.24) is 4.90 Å². The average Bonchev–Trinajstić information content (AvgIpc) is 2.51. The molecule has 0 atom stereocenters. The van der Waals surface area contributed by atoms with Crippen molar-refractivity contribution < 1.29 is 9.18 Å². The fourth-order valence-electron chi connectivity index (χ4n) is 2.08. The van der Waals surface area contributed by atoms with Gasteiger partial charge in [0.25, 0.3) is 0 Å². The summed E-state index contributed by atoms with van der Waals surface area (Å²) >= 11 is 3.23. The van der Waals surface area contributed by atoms with Crippen LogP contribution in [0.3, 0.4) is 0 Å². The van der Waals surface area contributed by atoms with Crippen LogP contribution in [-0.2, 0) is 11.3 Å². The van der Waals surface area contributed by atoms with E-state index in [1.54, 1.807) is 6.07 Å². The minimum Gasteiger partial charge on any atom is -0.338 e. The van der Waals surface area contributed by atoms with E-state index in [0.717, 1.165) is 31.4 Å². The molecule has 0 aliphatic carbocycles. The molecular weight excluding hydrogens is 285 g/mol. The number of likely N-dealkylation sites (tertiary alicyclic amines) is 1. The van der Waals surface area contributed by atoms with Crippen LogP contribution in [0.1, 0.15) is 31.2 Å². The number of nitrogens with zero attached hydrogens (tertiary/aromatic N) is 1. The highest BCUT2D eigenvalue weighted by molar-refractivity contribution is 9.10. The molecule has 1 aromatic carbocycles. The number of hydrogen-bond acceptors (Lipinski definition) is 1. The van der Waals surface area contributed by atoms with E-state index in [2.05, 4.69) is 15.9 Å². The van der Waals surface area contributed by atoms with Gasteiger partial charge >= 0.3 is 0 Å². The zero-order valence-corrected chi connectivity index (χ0v) is 11.2. The van der Waals surface area contributed by atoms with E-state index >= 15 is 0 Å². The number of hydrogen-bond donors (Lipinski definition) is 0. The summed E-state index contributed by atoms with van der Waals surface area (Å²) in [6.07, 6.45) is 3.73. The summed E-state index contributed by atoms with van der Waals surface area (Å²) in [5, 5.41) is 0. The van der Waals surface area contributed by atoms with Gasteiger partial charge in [-0.2, -0.15) is 0 Å². The lowest BCUT2D eigenvalue weighted by Gasteiger charge is -2.21. The third-order valence-electron chi connectivity index (χ3n) is 3.06. The van der Waals surface area contributed by atoms with Crippen molar-refractivity contribution in [3.63, 3.8) is 0 Å². The van der Waals surface area contributed by atoms with Gasteiger partial charge in [-0.3, -0.25) is 4.79 Å². The molecule has 92 valence electrons. The molecule has 2 nitrogen and oxygen atoms in total. The second kappa shape index (κ2) is 5.63. The smallest absolute Gasteiger partial charge is 0.222 e. The van der Waals surface area contributed by atoms with E-state index in [1.165, 1.54) is 6.07 Å². The highest BCUT2D eigenvalue weighted by Gasteiger charge is 2.18. The van der Waals surface area contributed by atoms with Gasteiger partial charge in [-0.25, -0.2) is 4.39 Å². The molecule has 2 rings (SSSR count). The molecule has 1 fully saturated rings. The third kappa shape index (κ3) is 3.06. The maximum absolute atomic E-state index is 13.4. The highest BCUT2D eigenvalue weighted by Crippen LogP contribution is 2.23. The summed E-state index contributed by atoms with van der Waals surface area (Å²) in [5.74, 6) is -0.0940. The molecule has 1 heterocycles. The summed E-state index contributed by atoms with van der Waals surface area (Å²) in [5.41, 5.74) is 0.834. The second-order valence-corrected chi connectivity index (χ2v) is 5.13. The van der Waals surface area contributed by atoms with Gasteiger partial charge < -0.3 is 4.90 Å². The lowest BCUT2D eigenvalue weighted by atomic mass is 10.2. The summed E-state index contributed by atoms with van der Waals surface area (Å²) < 4.78 is 13.8. The average molecular weight is 300 g/mol. The maximum atomic E-state index is 13.4. The Labute approximate surface area is 109 Å². The molecule has 4 heteroatoms. The van der Waals surface area contributed by atoms with E-state index in [-0.39, 0.29) is 11.7 Å². The molecule has 1 saturated heterocycles. The van der Waals surface area contributed by atoms with Gasteiger partial charge in [-0.1, -0.05) is 18.6 Å². The predicted octanol–water partition coefficient (Wildman–Crippen LogP) is 3.49. The Morgan fingerprint density at radius 2 is 2.12 bits per heavy atom. The summed E-state index contributed by atoms with van der Waals surface area (Å²) in [6, 6.07) is 4.95. The van der Waals surface area contributed by atoms with E-state index < -0.39 is 0 Å². The summed E-state index contributed by atoms with van der Waals surface area (Å²) in [7, 11) is 0. The van der Waals surface area contributed by atoms with Gasteiger partial charge in [0, 0.05) is 19.5 Å². The van der Waals surface area contributed by atoms with Crippen molar-refractivity contribution in [3.8, 4) is 0 Å². The summed E-state index contributed by atoms with van der Waals surface area (Å²) in [4.78, 5) is 13.7. The molecule has 0 bridgehead atoms. The molecule has 1 aliphatic rings. The van der Waals surface area contributed by atoms with Crippen LogP contribution in [0.2, 0.25) is 0 Å². The SMILES string of the molecule is O=C1CCCCCN1Cc1cccc(F)c1Br. The van der Waals surface area contributed by atoms with Gasteiger partial charge in [0.15, 0.2) is 0 Å². The predicted molar refractivity (Wildman–Crippen MR) is 68.0 cm³/mol. The van der Waals surface area contributed by atoms with Crippen LogP contribution in [0.4, 0.5) is 4.39 Å². The number of benzene rings is 1. The van der Waals surface area contributed by atoms with Crippen molar-refractivity contribution >= 4 is 21.8 Å². The number of rotatable bonds is 2. The van der Waals surface area contributed by atoms with Gasteiger partial charge in [-0.05, 0) is 40.4 Å². The summed E-state index contributed by atoms with van der Waals surface area (Å²) in [6.45, 7) is 1.28. The molecule has 17 heavy (non-hydrogen) atoms. The molecule has 0 saturated carbocycles. The Hall–Kier alpha value is -0.900. The molecule has 0 unspecified atom stereocenters. The first kappa shape index (κ1) is 12.6. The largest absolute Gasteiger partial charge is 0.338 e. The number of carbonyl (C=O) groups excluding carboxylic acids is 1. The van der Waals surface area contributed by atoms with Gasteiger partial charge in [0.1, 0.15) is 5.82 Å². The van der Waals surface area contributed by atoms with E-state index in [9.17, 15) is 9.18 Å². The van der Waals surface area contributed by atoms with Crippen LogP contribution in [0, 0.1) is 5.82 Å². The molecule has 0 spiro atoms. The van der Waals surface area contributed by atoms with Crippen molar-refractivity contribution in [2.24, 2.45) is 0 Å². The highest BCUT2D eigenvalue weighted by atomic mass is 79.9. The topological polar surface area (TPSA) is 20.3 Å². The van der Waals surface area contributed by atoms with Crippen LogP contribution in [-0.4, -0.2) is 17.4 Å². The Morgan fingerprint density at radius 3 is 2.94 bits per heavy atom. The first-order valence-corrected chi connectivity index (χ1v) is 6.68. The van der Waals surface area contributed by atoms with E-state index in [1.807, 2.05) is 11.0 Å². The molecule has 1 amide bonds. The lowest BCUT2D eigenvalue weighted by molar-refractivity contribution is -0.131. The normalized spacial score (nSPS) is 17.1. The standard InChI is InChI=1S/C13H15BrFNO/c14-13-10(5-4-6-11(13)15)9-16-8-3-1-2-7-12(16)17/h4-6H,1-3,7-9H2. The van der Waals surface area contributed by atoms with Crippen LogP contribution in [0.25, 0.3) is 0 Å². The third-order valence-corrected chi connectivity index (χ3v) is 3.95. The molecule has 1 aliphatic heterocycles. The van der Waals surface area contributed by atoms with Crippen molar-refractivity contribution in [1.29, 1.82) is 0 Å². The Balaban J connectivity index is 2.13. The molecule has 0 radical (unpaired) electrons. The van der Waals surface area contributed by atoms with Crippen LogP contribution >= 0.6 is 15.9 Å². The van der Waals surface area contributed by atoms with Crippen LogP contribution in [0.15, 0.2) is 22.7 Å². The minimum absolute atomic E-state index is 0.179. The van der Waals surface area contributed by atoms with E-state index in [4.69, 9.17) is 0 Å². The van der Waals surface area contributed by atoms with Crippen LogP contribution < -0.4 is 0 Å². The van der Waals surface area contributed by atoms with Crippen molar-refractivity contribution in [2.75, 3.05) is 6.54 Å². The Morgan fingerprint density at radius 1 is 1.29 bits per heavy atom. The van der Waals surface area contributed by atoms with Gasteiger partial charge in [-0.15, -0.1) is 0 Å². The zero-order valence-electron chi connectivity index (χ0n) is 9.59. The first-order chi connectivity index (χ1) is 8.18. The number of carbonyl (C=O) groups is 1. The van der Waals surface area contributed by atoms with E-state index in [0.29, 0.717) is 17.4 Å². The number of halogens is 2. The fourth-order valence-corrected chi connectivity index (χ4v) is 2.47. The molecular formula is C13H15BrFNO. The number of amides is 1. The Kier molecular flexibility index (Phi) is 4.15. The molecule has 0 N–H and O–H groups in total. The van der Waals surface area contributed by atoms with Gasteiger partial charge in [0.05, 0.1) is 4.47 Å². The minimum atomic E-state index is -0.273. The quantitative estimate of drug-likeness (QED) is 0.818. The Bertz CT molecular complexity index is 422. The molecule has 1 aromatic rings. The first-order valence-electron chi connectivity index (χ1n) is 5.89. The van der Waals surface area contributed by atoms with Gasteiger partial charge in [0.2, 0.25) is 5.91 Å². The van der Waals surface area contributed by atoms with Crippen molar-refractivity contribution in [2.45, 2.75) is 32.2 Å². The van der Waals surface area contributed by atoms with Crippen LogP contribution in [0.5, 0.6) is 0 Å². The fraction of sp³-hybridized carbons (Fsp3) is 0.462. The lowest BCUT2D eigenvalue weighted by Crippen LogP contribution is -2.29. The zero-order chi connectivity index (χ0) is 12.3.